The van der Waals surface area contributed by atoms with E-state index >= 15 is 4.39 Å². The second kappa shape index (κ2) is 6.40. The van der Waals surface area contributed by atoms with Crippen LogP contribution in [0.25, 0.3) is 16.9 Å². The van der Waals surface area contributed by atoms with E-state index in [4.69, 9.17) is 0 Å². The standard InChI is InChI=1S/C20H17FN6O2/c21-20(13-4-2-1-3-5-13)6-8-26(12-20)16-10-15(25-27-9-7-22-17(16)27)14-11-23-19(29)24-18(14)28/h1-5,7,9-11H,6,8,12H2,(H2,23,24,28,29). The molecule has 1 unspecified atom stereocenters. The third-order valence-electron chi connectivity index (χ3n) is 5.29. The molecule has 29 heavy (non-hydrogen) atoms. The van der Waals surface area contributed by atoms with Gasteiger partial charge in [0.1, 0.15) is 5.69 Å². The summed E-state index contributed by atoms with van der Waals surface area (Å²) in [6.07, 6.45) is 4.94. The number of hydrogen-bond donors (Lipinski definition) is 2. The highest BCUT2D eigenvalue weighted by atomic mass is 19.1. The molecule has 9 heteroatoms. The van der Waals surface area contributed by atoms with Crippen molar-refractivity contribution in [3.63, 3.8) is 0 Å². The first-order valence-electron chi connectivity index (χ1n) is 9.20. The second-order valence-corrected chi connectivity index (χ2v) is 7.10. The topological polar surface area (TPSA) is 99.2 Å². The van der Waals surface area contributed by atoms with Gasteiger partial charge in [-0.1, -0.05) is 30.3 Å². The Bertz CT molecular complexity index is 1310. The van der Waals surface area contributed by atoms with E-state index in [0.717, 1.165) is 0 Å². The van der Waals surface area contributed by atoms with Crippen LogP contribution in [0.5, 0.6) is 0 Å². The quantitative estimate of drug-likeness (QED) is 0.554. The number of imidazole rings is 1. The van der Waals surface area contributed by atoms with Gasteiger partial charge < -0.3 is 9.88 Å². The van der Waals surface area contributed by atoms with Gasteiger partial charge in [0.2, 0.25) is 0 Å². The smallest absolute Gasteiger partial charge is 0.325 e. The van der Waals surface area contributed by atoms with Gasteiger partial charge in [0.05, 0.1) is 17.8 Å². The van der Waals surface area contributed by atoms with Crippen molar-refractivity contribution < 1.29 is 4.39 Å². The van der Waals surface area contributed by atoms with Crippen LogP contribution in [0.2, 0.25) is 0 Å². The molecule has 1 saturated heterocycles. The lowest BCUT2D eigenvalue weighted by atomic mass is 9.95. The minimum absolute atomic E-state index is 0.172. The summed E-state index contributed by atoms with van der Waals surface area (Å²) in [6.45, 7) is 0.671. The molecule has 3 aromatic heterocycles. The zero-order chi connectivity index (χ0) is 20.0. The van der Waals surface area contributed by atoms with E-state index in [1.807, 2.05) is 23.1 Å². The molecule has 1 aromatic carbocycles. The number of H-pyrrole nitrogens is 2. The lowest BCUT2D eigenvalue weighted by Crippen LogP contribution is -2.28. The molecular formula is C20H17FN6O2. The van der Waals surface area contributed by atoms with E-state index in [-0.39, 0.29) is 12.1 Å². The van der Waals surface area contributed by atoms with Crippen molar-refractivity contribution in [2.75, 3.05) is 18.0 Å². The molecular weight excluding hydrogens is 375 g/mol. The first-order valence-corrected chi connectivity index (χ1v) is 9.20. The number of aromatic nitrogens is 5. The summed E-state index contributed by atoms with van der Waals surface area (Å²) >= 11 is 0. The van der Waals surface area contributed by atoms with Crippen LogP contribution < -0.4 is 16.1 Å². The molecule has 0 aliphatic carbocycles. The van der Waals surface area contributed by atoms with Crippen molar-refractivity contribution in [2.45, 2.75) is 12.1 Å². The molecule has 0 amide bonds. The Kier molecular flexibility index (Phi) is 3.83. The fourth-order valence-electron chi connectivity index (χ4n) is 3.82. The number of benzene rings is 1. The minimum Gasteiger partial charge on any atom is -0.365 e. The predicted octanol–water partition coefficient (Wildman–Crippen LogP) is 1.85. The van der Waals surface area contributed by atoms with Crippen molar-refractivity contribution in [2.24, 2.45) is 0 Å². The molecule has 5 rings (SSSR count). The highest BCUT2D eigenvalue weighted by Gasteiger charge is 2.40. The van der Waals surface area contributed by atoms with Gasteiger partial charge in [-0.05, 0) is 11.6 Å². The first kappa shape index (κ1) is 17.4. The van der Waals surface area contributed by atoms with Gasteiger partial charge in [0, 0.05) is 31.6 Å². The second-order valence-electron chi connectivity index (χ2n) is 7.10. The van der Waals surface area contributed by atoms with Gasteiger partial charge in [0.15, 0.2) is 11.3 Å². The van der Waals surface area contributed by atoms with Crippen molar-refractivity contribution in [3.8, 4) is 11.3 Å². The molecule has 0 saturated carbocycles. The fourth-order valence-corrected chi connectivity index (χ4v) is 3.82. The van der Waals surface area contributed by atoms with Gasteiger partial charge in [-0.25, -0.2) is 18.7 Å². The Hall–Kier alpha value is -3.75. The van der Waals surface area contributed by atoms with E-state index in [9.17, 15) is 9.59 Å². The SMILES string of the molecule is O=c1[nH]cc(-c2cc(N3CCC(F)(c4ccccc4)C3)c3nccn3n2)c(=O)[nH]1. The number of nitrogens with one attached hydrogen (secondary N) is 2. The first-order chi connectivity index (χ1) is 14.0. The molecule has 0 bridgehead atoms. The maximum atomic E-state index is 15.7. The highest BCUT2D eigenvalue weighted by molar-refractivity contribution is 5.74. The number of alkyl halides is 1. The number of halogens is 1. The Morgan fingerprint density at radius 1 is 1.17 bits per heavy atom. The molecule has 4 heterocycles. The van der Waals surface area contributed by atoms with Crippen LogP contribution in [0.15, 0.2) is 64.6 Å². The molecule has 1 fully saturated rings. The molecule has 1 aliphatic rings. The molecule has 2 N–H and O–H groups in total. The molecule has 0 radical (unpaired) electrons. The third kappa shape index (κ3) is 2.91. The monoisotopic (exact) mass is 392 g/mol. The van der Waals surface area contributed by atoms with Crippen molar-refractivity contribution in [3.05, 3.63) is 81.4 Å². The average molecular weight is 392 g/mol. The normalized spacial score (nSPS) is 19.1. The molecule has 0 spiro atoms. The summed E-state index contributed by atoms with van der Waals surface area (Å²) in [6, 6.07) is 10.8. The van der Waals surface area contributed by atoms with Crippen LogP contribution in [0.4, 0.5) is 10.1 Å². The van der Waals surface area contributed by atoms with Crippen LogP contribution in [0, 0.1) is 0 Å². The number of anilines is 1. The van der Waals surface area contributed by atoms with Crippen LogP contribution in [-0.4, -0.2) is 37.7 Å². The highest BCUT2D eigenvalue weighted by Crippen LogP contribution is 2.39. The average Bonchev–Trinajstić information content (AvgIpc) is 3.35. The van der Waals surface area contributed by atoms with E-state index < -0.39 is 16.9 Å². The third-order valence-corrected chi connectivity index (χ3v) is 5.29. The van der Waals surface area contributed by atoms with E-state index in [0.29, 0.717) is 35.6 Å². The van der Waals surface area contributed by atoms with Gasteiger partial charge in [-0.3, -0.25) is 9.78 Å². The zero-order valence-electron chi connectivity index (χ0n) is 15.3. The molecule has 1 atom stereocenters. The molecule has 146 valence electrons. The van der Waals surface area contributed by atoms with Gasteiger partial charge in [0.25, 0.3) is 5.56 Å². The fraction of sp³-hybridized carbons (Fsp3) is 0.200. The minimum atomic E-state index is -1.47. The Morgan fingerprint density at radius 3 is 2.79 bits per heavy atom. The number of aromatic amines is 2. The zero-order valence-corrected chi connectivity index (χ0v) is 15.3. The summed E-state index contributed by atoms with van der Waals surface area (Å²) in [4.78, 5) is 34.5. The lowest BCUT2D eigenvalue weighted by Gasteiger charge is -2.23. The summed E-state index contributed by atoms with van der Waals surface area (Å²) in [7, 11) is 0. The number of nitrogens with zero attached hydrogens (tertiary/aromatic N) is 4. The van der Waals surface area contributed by atoms with Gasteiger partial charge in [-0.15, -0.1) is 0 Å². The maximum Gasteiger partial charge on any atom is 0.325 e. The Labute approximate surface area is 163 Å². The van der Waals surface area contributed by atoms with Gasteiger partial charge >= 0.3 is 5.69 Å². The maximum absolute atomic E-state index is 15.7. The van der Waals surface area contributed by atoms with Crippen molar-refractivity contribution >= 4 is 11.3 Å². The number of rotatable bonds is 3. The largest absolute Gasteiger partial charge is 0.365 e. The summed E-state index contributed by atoms with van der Waals surface area (Å²) in [5.41, 5.74) is -0.121. The van der Waals surface area contributed by atoms with Gasteiger partial charge in [-0.2, -0.15) is 5.10 Å². The van der Waals surface area contributed by atoms with E-state index in [1.54, 1.807) is 35.1 Å². The van der Waals surface area contributed by atoms with E-state index in [1.165, 1.54) is 6.20 Å². The van der Waals surface area contributed by atoms with Crippen LogP contribution in [0.1, 0.15) is 12.0 Å². The lowest BCUT2D eigenvalue weighted by molar-refractivity contribution is 0.196. The van der Waals surface area contributed by atoms with Crippen molar-refractivity contribution in [1.82, 2.24) is 24.6 Å². The van der Waals surface area contributed by atoms with E-state index in [2.05, 4.69) is 20.1 Å². The van der Waals surface area contributed by atoms with Crippen molar-refractivity contribution in [1.29, 1.82) is 0 Å². The van der Waals surface area contributed by atoms with Crippen LogP contribution in [0.3, 0.4) is 0 Å². The number of hydrogen-bond acceptors (Lipinski definition) is 5. The summed E-state index contributed by atoms with van der Waals surface area (Å²) < 4.78 is 17.2. The Morgan fingerprint density at radius 2 is 2.00 bits per heavy atom. The number of fused-ring (bicyclic) bond motifs is 1. The molecule has 4 aromatic rings. The van der Waals surface area contributed by atoms with Crippen LogP contribution in [-0.2, 0) is 5.67 Å². The molecule has 1 aliphatic heterocycles. The summed E-state index contributed by atoms with van der Waals surface area (Å²) in [5.74, 6) is 0. The molecule has 8 nitrogen and oxygen atoms in total. The predicted molar refractivity (Wildman–Crippen MR) is 106 cm³/mol. The summed E-state index contributed by atoms with van der Waals surface area (Å²) in [5, 5.41) is 4.41. The van der Waals surface area contributed by atoms with Crippen LogP contribution >= 0.6 is 0 Å². The Balaban J connectivity index is 1.60.